The smallest absolute Gasteiger partial charge is 0.191 e. The van der Waals surface area contributed by atoms with Gasteiger partial charge in [-0.05, 0) is 56.0 Å². The maximum Gasteiger partial charge on any atom is 0.191 e. The fourth-order valence-corrected chi connectivity index (χ4v) is 4.52. The third-order valence-electron chi connectivity index (χ3n) is 4.73. The van der Waals surface area contributed by atoms with Crippen molar-refractivity contribution >= 4 is 27.1 Å². The Morgan fingerprint density at radius 3 is 2.58 bits per heavy atom. The Morgan fingerprint density at radius 1 is 1.35 bits per heavy atom. The molecule has 0 saturated carbocycles. The molecule has 0 unspecified atom stereocenters. The van der Waals surface area contributed by atoms with Crippen LogP contribution < -0.4 is 10.6 Å². The van der Waals surface area contributed by atoms with E-state index in [0.717, 1.165) is 32.5 Å². The van der Waals surface area contributed by atoms with Gasteiger partial charge in [0.05, 0.1) is 10.5 Å². The van der Waals surface area contributed by atoms with Gasteiger partial charge in [-0.25, -0.2) is 8.42 Å². The Balaban J connectivity index is 1.72. The summed E-state index contributed by atoms with van der Waals surface area (Å²) in [6, 6.07) is 2.56. The lowest BCUT2D eigenvalue weighted by Crippen LogP contribution is -2.49. The lowest BCUT2D eigenvalue weighted by atomic mass is 10.0. The van der Waals surface area contributed by atoms with E-state index < -0.39 is 14.6 Å². The van der Waals surface area contributed by atoms with Crippen molar-refractivity contribution in [2.75, 3.05) is 32.4 Å². The first-order valence-corrected chi connectivity index (χ1v) is 11.7. The van der Waals surface area contributed by atoms with Crippen molar-refractivity contribution in [3.05, 3.63) is 22.4 Å². The van der Waals surface area contributed by atoms with Gasteiger partial charge >= 0.3 is 0 Å². The summed E-state index contributed by atoms with van der Waals surface area (Å²) in [4.78, 5) is 6.71. The first kappa shape index (κ1) is 21.2. The Labute approximate surface area is 162 Å². The van der Waals surface area contributed by atoms with E-state index in [1.807, 2.05) is 0 Å². The molecule has 2 rings (SSSR count). The summed E-state index contributed by atoms with van der Waals surface area (Å²) >= 11 is 1.74. The number of likely N-dealkylation sites (tertiary alicyclic amines) is 1. The second-order valence-corrected chi connectivity index (χ2v) is 11.4. The SMILES string of the molecule is CN=C(NCCS(=O)(=O)C(C)(C)C)NC1CCN(Cc2ccsc2)CC1. The molecule has 0 radical (unpaired) electrons. The summed E-state index contributed by atoms with van der Waals surface area (Å²) in [7, 11) is -1.40. The van der Waals surface area contributed by atoms with Gasteiger partial charge in [0.2, 0.25) is 0 Å². The van der Waals surface area contributed by atoms with Crippen molar-refractivity contribution in [2.24, 2.45) is 4.99 Å². The number of guanidine groups is 1. The van der Waals surface area contributed by atoms with Crippen LogP contribution in [0.25, 0.3) is 0 Å². The van der Waals surface area contributed by atoms with Crippen LogP contribution in [-0.4, -0.2) is 62.5 Å². The van der Waals surface area contributed by atoms with Crippen molar-refractivity contribution in [3.63, 3.8) is 0 Å². The van der Waals surface area contributed by atoms with E-state index in [2.05, 4.69) is 37.4 Å². The minimum atomic E-state index is -3.12. The molecule has 0 atom stereocenters. The predicted molar refractivity (Wildman–Crippen MR) is 111 cm³/mol. The second-order valence-electron chi connectivity index (χ2n) is 7.76. The quantitative estimate of drug-likeness (QED) is 0.565. The molecular formula is C18H32N4O2S2. The molecule has 26 heavy (non-hydrogen) atoms. The number of hydrogen-bond acceptors (Lipinski definition) is 5. The highest BCUT2D eigenvalue weighted by Gasteiger charge is 2.28. The van der Waals surface area contributed by atoms with Gasteiger partial charge in [-0.15, -0.1) is 0 Å². The molecule has 0 spiro atoms. The standard InChI is InChI=1S/C18H32N4O2S2/c1-18(2,3)26(23,24)12-8-20-17(19-4)21-16-5-9-22(10-6-16)13-15-7-11-25-14-15/h7,11,14,16H,5-6,8-10,12-13H2,1-4H3,(H2,19,20,21). The first-order valence-electron chi connectivity index (χ1n) is 9.14. The molecule has 0 aromatic carbocycles. The van der Waals surface area contributed by atoms with Gasteiger partial charge in [0.25, 0.3) is 0 Å². The number of piperidine rings is 1. The number of rotatable bonds is 6. The van der Waals surface area contributed by atoms with E-state index in [0.29, 0.717) is 18.5 Å². The molecule has 8 heteroatoms. The summed E-state index contributed by atoms with van der Waals surface area (Å²) < 4.78 is 23.6. The Kier molecular flexibility index (Phi) is 7.49. The molecule has 1 aliphatic rings. The van der Waals surface area contributed by atoms with E-state index in [9.17, 15) is 8.42 Å². The minimum absolute atomic E-state index is 0.107. The molecule has 2 heterocycles. The number of thiophene rings is 1. The van der Waals surface area contributed by atoms with Crippen LogP contribution in [0.4, 0.5) is 0 Å². The summed E-state index contributed by atoms with van der Waals surface area (Å²) in [6.07, 6.45) is 2.12. The molecule has 0 amide bonds. The van der Waals surface area contributed by atoms with Gasteiger partial charge in [-0.3, -0.25) is 9.89 Å². The van der Waals surface area contributed by atoms with Crippen LogP contribution in [0.1, 0.15) is 39.2 Å². The zero-order valence-corrected chi connectivity index (χ0v) is 17.9. The molecule has 1 saturated heterocycles. The van der Waals surface area contributed by atoms with Gasteiger partial charge in [0.15, 0.2) is 15.8 Å². The van der Waals surface area contributed by atoms with Gasteiger partial charge in [0.1, 0.15) is 0 Å². The van der Waals surface area contributed by atoms with Crippen molar-refractivity contribution in [1.29, 1.82) is 0 Å². The number of sulfone groups is 1. The van der Waals surface area contributed by atoms with E-state index in [1.54, 1.807) is 39.2 Å². The highest BCUT2D eigenvalue weighted by molar-refractivity contribution is 7.92. The summed E-state index contributed by atoms with van der Waals surface area (Å²) in [5, 5.41) is 10.9. The summed E-state index contributed by atoms with van der Waals surface area (Å²) in [5.41, 5.74) is 1.39. The Hall–Kier alpha value is -1.12. The van der Waals surface area contributed by atoms with E-state index in [-0.39, 0.29) is 5.75 Å². The van der Waals surface area contributed by atoms with E-state index in [1.165, 1.54) is 5.56 Å². The average molecular weight is 401 g/mol. The number of hydrogen-bond donors (Lipinski definition) is 2. The Bertz CT molecular complexity index is 671. The van der Waals surface area contributed by atoms with Crippen LogP contribution >= 0.6 is 11.3 Å². The third kappa shape index (κ3) is 6.25. The van der Waals surface area contributed by atoms with Crippen LogP contribution in [0.5, 0.6) is 0 Å². The average Bonchev–Trinajstić information content (AvgIpc) is 3.07. The fourth-order valence-electron chi connectivity index (χ4n) is 2.87. The zero-order valence-electron chi connectivity index (χ0n) is 16.3. The van der Waals surface area contributed by atoms with Crippen LogP contribution in [0.15, 0.2) is 21.8 Å². The molecule has 1 aromatic rings. The summed E-state index contributed by atoms with van der Waals surface area (Å²) in [5.74, 6) is 0.793. The van der Waals surface area contributed by atoms with Crippen molar-refractivity contribution in [3.8, 4) is 0 Å². The van der Waals surface area contributed by atoms with Crippen LogP contribution in [0.3, 0.4) is 0 Å². The molecule has 0 bridgehead atoms. The van der Waals surface area contributed by atoms with Crippen molar-refractivity contribution in [2.45, 2.75) is 50.9 Å². The van der Waals surface area contributed by atoms with Gasteiger partial charge in [0, 0.05) is 39.3 Å². The molecule has 1 aliphatic heterocycles. The maximum atomic E-state index is 12.2. The molecular weight excluding hydrogens is 368 g/mol. The van der Waals surface area contributed by atoms with E-state index >= 15 is 0 Å². The third-order valence-corrected chi connectivity index (χ3v) is 8.07. The first-order chi connectivity index (χ1) is 12.2. The topological polar surface area (TPSA) is 73.8 Å². The van der Waals surface area contributed by atoms with Crippen LogP contribution in [0.2, 0.25) is 0 Å². The minimum Gasteiger partial charge on any atom is -0.355 e. The molecule has 0 aliphatic carbocycles. The number of nitrogens with zero attached hydrogens (tertiary/aromatic N) is 2. The van der Waals surface area contributed by atoms with Gasteiger partial charge in [-0.2, -0.15) is 11.3 Å². The van der Waals surface area contributed by atoms with Crippen molar-refractivity contribution in [1.82, 2.24) is 15.5 Å². The van der Waals surface area contributed by atoms with Crippen LogP contribution in [0, 0.1) is 0 Å². The van der Waals surface area contributed by atoms with Gasteiger partial charge in [-0.1, -0.05) is 0 Å². The lowest BCUT2D eigenvalue weighted by Gasteiger charge is -2.33. The van der Waals surface area contributed by atoms with Crippen molar-refractivity contribution < 1.29 is 8.42 Å². The second kappa shape index (κ2) is 9.19. The predicted octanol–water partition coefficient (Wildman–Crippen LogP) is 2.09. The maximum absolute atomic E-state index is 12.2. The molecule has 148 valence electrons. The lowest BCUT2D eigenvalue weighted by molar-refractivity contribution is 0.198. The molecule has 2 N–H and O–H groups in total. The summed E-state index contributed by atoms with van der Waals surface area (Å²) in [6.45, 7) is 8.72. The fraction of sp³-hybridized carbons (Fsp3) is 0.722. The Morgan fingerprint density at radius 2 is 2.04 bits per heavy atom. The van der Waals surface area contributed by atoms with Crippen LogP contribution in [-0.2, 0) is 16.4 Å². The number of nitrogens with one attached hydrogen (secondary N) is 2. The molecule has 6 nitrogen and oxygen atoms in total. The molecule has 1 aromatic heterocycles. The molecule has 1 fully saturated rings. The highest BCUT2D eigenvalue weighted by atomic mass is 32.2. The van der Waals surface area contributed by atoms with E-state index in [4.69, 9.17) is 0 Å². The largest absolute Gasteiger partial charge is 0.355 e. The zero-order chi connectivity index (χ0) is 19.2. The highest BCUT2D eigenvalue weighted by Crippen LogP contribution is 2.16. The number of aliphatic imine (C=N–C) groups is 1. The normalized spacial score (nSPS) is 18.1. The van der Waals surface area contributed by atoms with Gasteiger partial charge < -0.3 is 10.6 Å². The monoisotopic (exact) mass is 400 g/mol.